The zero-order valence-corrected chi connectivity index (χ0v) is 12.3. The molecule has 0 amide bonds. The fourth-order valence-electron chi connectivity index (χ4n) is 2.63. The van der Waals surface area contributed by atoms with Gasteiger partial charge >= 0.3 is 0 Å². The van der Waals surface area contributed by atoms with E-state index in [2.05, 4.69) is 27.2 Å². The molecule has 0 unspecified atom stereocenters. The molecule has 0 atom stereocenters. The van der Waals surface area contributed by atoms with Gasteiger partial charge in [0.15, 0.2) is 11.6 Å². The summed E-state index contributed by atoms with van der Waals surface area (Å²) in [6.45, 7) is 0. The first-order valence-electron chi connectivity index (χ1n) is 6.31. The van der Waals surface area contributed by atoms with Crippen LogP contribution >= 0.6 is 15.9 Å². The van der Waals surface area contributed by atoms with E-state index in [1.165, 1.54) is 24.0 Å². The normalized spacial score (nSPS) is 14.2. The Morgan fingerprint density at radius 3 is 2.79 bits per heavy atom. The first kappa shape index (κ1) is 12.5. The maximum absolute atomic E-state index is 5.63. The Labute approximate surface area is 120 Å². The Bertz CT molecular complexity index is 622. The maximum Gasteiger partial charge on any atom is 0.172 e. The quantitative estimate of drug-likeness (QED) is 0.918. The number of aromatic nitrogens is 1. The average Bonchev–Trinajstić information content (AvgIpc) is 2.85. The van der Waals surface area contributed by atoms with Gasteiger partial charge in [0.1, 0.15) is 5.75 Å². The van der Waals surface area contributed by atoms with Crippen LogP contribution < -0.4 is 10.5 Å². The van der Waals surface area contributed by atoms with Gasteiger partial charge in [-0.15, -0.1) is 0 Å². The van der Waals surface area contributed by atoms with Crippen LogP contribution in [0, 0.1) is 0 Å². The summed E-state index contributed by atoms with van der Waals surface area (Å²) >= 11 is 3.66. The monoisotopic (exact) mass is 322 g/mol. The number of fused-ring (bicyclic) bond motifs is 1. The molecule has 100 valence electrons. The number of hydrogen-bond donors (Lipinski definition) is 1. The number of halogens is 1. The van der Waals surface area contributed by atoms with Crippen LogP contribution in [-0.2, 0) is 12.8 Å². The van der Waals surface area contributed by atoms with Crippen LogP contribution in [-0.4, -0.2) is 12.3 Å². The number of hydrogen-bond acceptors (Lipinski definition) is 4. The molecule has 1 aliphatic carbocycles. The molecule has 1 heterocycles. The number of ether oxygens (including phenoxy) is 1. The fraction of sp³-hybridized carbons (Fsp3) is 0.357. The van der Waals surface area contributed by atoms with E-state index in [9.17, 15) is 0 Å². The summed E-state index contributed by atoms with van der Waals surface area (Å²) in [4.78, 5) is 0. The van der Waals surface area contributed by atoms with Gasteiger partial charge in [0.05, 0.1) is 17.1 Å². The zero-order valence-electron chi connectivity index (χ0n) is 10.7. The van der Waals surface area contributed by atoms with Crippen molar-refractivity contribution < 1.29 is 9.26 Å². The van der Waals surface area contributed by atoms with Crippen LogP contribution in [0.2, 0.25) is 0 Å². The number of nitrogens with two attached hydrogens (primary N) is 1. The molecule has 0 radical (unpaired) electrons. The van der Waals surface area contributed by atoms with Crippen LogP contribution in [0.15, 0.2) is 21.1 Å². The van der Waals surface area contributed by atoms with Crippen LogP contribution in [0.3, 0.4) is 0 Å². The van der Waals surface area contributed by atoms with Crippen molar-refractivity contribution in [3.63, 3.8) is 0 Å². The highest BCUT2D eigenvalue weighted by molar-refractivity contribution is 9.10. The predicted molar refractivity (Wildman–Crippen MR) is 77.2 cm³/mol. The molecule has 5 heteroatoms. The van der Waals surface area contributed by atoms with Crippen molar-refractivity contribution in [2.75, 3.05) is 12.8 Å². The predicted octanol–water partition coefficient (Wildman–Crippen LogP) is 3.57. The van der Waals surface area contributed by atoms with Gasteiger partial charge in [-0.25, -0.2) is 0 Å². The second kappa shape index (κ2) is 4.89. The lowest BCUT2D eigenvalue weighted by molar-refractivity contribution is 0.403. The lowest BCUT2D eigenvalue weighted by Crippen LogP contribution is -2.05. The summed E-state index contributed by atoms with van der Waals surface area (Å²) in [5.74, 6) is 1.81. The van der Waals surface area contributed by atoms with E-state index in [0.29, 0.717) is 11.6 Å². The van der Waals surface area contributed by atoms with Gasteiger partial charge in [-0.1, -0.05) is 5.16 Å². The lowest BCUT2D eigenvalue weighted by Gasteiger charge is -2.21. The minimum Gasteiger partial charge on any atom is -0.495 e. The Balaban J connectivity index is 2.21. The smallest absolute Gasteiger partial charge is 0.172 e. The molecule has 2 aromatic rings. The molecular formula is C14H15BrN2O2. The van der Waals surface area contributed by atoms with Crippen molar-refractivity contribution in [2.45, 2.75) is 25.7 Å². The van der Waals surface area contributed by atoms with Gasteiger partial charge in [0, 0.05) is 6.07 Å². The molecule has 0 aliphatic heterocycles. The molecule has 19 heavy (non-hydrogen) atoms. The Morgan fingerprint density at radius 2 is 2.11 bits per heavy atom. The van der Waals surface area contributed by atoms with E-state index in [1.807, 2.05) is 0 Å². The third kappa shape index (κ3) is 2.12. The van der Waals surface area contributed by atoms with Crippen LogP contribution in [0.1, 0.15) is 24.0 Å². The average molecular weight is 323 g/mol. The molecule has 3 rings (SSSR count). The Hall–Kier alpha value is -1.49. The topological polar surface area (TPSA) is 61.3 Å². The number of benzene rings is 1. The Morgan fingerprint density at radius 1 is 1.32 bits per heavy atom. The molecule has 1 aliphatic rings. The van der Waals surface area contributed by atoms with Gasteiger partial charge in [-0.05, 0) is 58.8 Å². The molecule has 0 saturated carbocycles. The molecule has 0 bridgehead atoms. The molecule has 1 aromatic carbocycles. The molecular weight excluding hydrogens is 308 g/mol. The second-order valence-corrected chi connectivity index (χ2v) is 5.53. The highest BCUT2D eigenvalue weighted by Crippen LogP contribution is 2.43. The van der Waals surface area contributed by atoms with Crippen molar-refractivity contribution >= 4 is 21.7 Å². The van der Waals surface area contributed by atoms with E-state index in [0.717, 1.165) is 28.6 Å². The summed E-state index contributed by atoms with van der Waals surface area (Å²) < 4.78 is 11.8. The SMILES string of the molecule is COc1c(-c2cc(N)no2)cc2c(c1Br)CCCC2. The van der Waals surface area contributed by atoms with Gasteiger partial charge < -0.3 is 15.0 Å². The van der Waals surface area contributed by atoms with Crippen LogP contribution in [0.5, 0.6) is 5.75 Å². The van der Waals surface area contributed by atoms with E-state index < -0.39 is 0 Å². The minimum atomic E-state index is 0.380. The summed E-state index contributed by atoms with van der Waals surface area (Å²) in [7, 11) is 1.67. The van der Waals surface area contributed by atoms with Crippen molar-refractivity contribution in [2.24, 2.45) is 0 Å². The van der Waals surface area contributed by atoms with Crippen LogP contribution in [0.25, 0.3) is 11.3 Å². The van der Waals surface area contributed by atoms with E-state index >= 15 is 0 Å². The molecule has 0 fully saturated rings. The molecule has 4 nitrogen and oxygen atoms in total. The standard InChI is InChI=1S/C14H15BrN2O2/c1-18-14-10(11-7-12(16)17-19-11)6-8-4-2-3-5-9(8)13(14)15/h6-7H,2-5H2,1H3,(H2,16,17). The van der Waals surface area contributed by atoms with Crippen LogP contribution in [0.4, 0.5) is 5.82 Å². The largest absolute Gasteiger partial charge is 0.495 e. The molecule has 2 N–H and O–H groups in total. The number of nitrogens with zero attached hydrogens (tertiary/aromatic N) is 1. The summed E-state index contributed by atoms with van der Waals surface area (Å²) in [5.41, 5.74) is 9.23. The third-order valence-electron chi connectivity index (χ3n) is 3.54. The third-order valence-corrected chi connectivity index (χ3v) is 4.37. The highest BCUT2D eigenvalue weighted by atomic mass is 79.9. The van der Waals surface area contributed by atoms with E-state index in [-0.39, 0.29) is 0 Å². The Kier molecular flexibility index (Phi) is 3.22. The number of aryl methyl sites for hydroxylation is 1. The van der Waals surface area contributed by atoms with Gasteiger partial charge in [-0.2, -0.15) is 0 Å². The summed E-state index contributed by atoms with van der Waals surface area (Å²) in [6, 6.07) is 3.86. The molecule has 0 saturated heterocycles. The van der Waals surface area contributed by atoms with E-state index in [1.54, 1.807) is 13.2 Å². The van der Waals surface area contributed by atoms with Crippen molar-refractivity contribution in [3.05, 3.63) is 27.7 Å². The van der Waals surface area contributed by atoms with E-state index in [4.69, 9.17) is 15.0 Å². The zero-order chi connectivity index (χ0) is 13.4. The second-order valence-electron chi connectivity index (χ2n) is 4.73. The molecule has 1 aromatic heterocycles. The summed E-state index contributed by atoms with van der Waals surface area (Å²) in [5, 5.41) is 3.74. The molecule has 0 spiro atoms. The number of methoxy groups -OCH3 is 1. The number of rotatable bonds is 2. The lowest BCUT2D eigenvalue weighted by atomic mass is 9.89. The highest BCUT2D eigenvalue weighted by Gasteiger charge is 2.22. The van der Waals surface area contributed by atoms with Gasteiger partial charge in [-0.3, -0.25) is 0 Å². The van der Waals surface area contributed by atoms with Crippen molar-refractivity contribution in [1.29, 1.82) is 0 Å². The first-order valence-corrected chi connectivity index (χ1v) is 7.11. The van der Waals surface area contributed by atoms with Gasteiger partial charge in [0.25, 0.3) is 0 Å². The van der Waals surface area contributed by atoms with Gasteiger partial charge in [0.2, 0.25) is 0 Å². The van der Waals surface area contributed by atoms with Crippen molar-refractivity contribution in [3.8, 4) is 17.1 Å². The number of nitrogen functional groups attached to an aromatic ring is 1. The van der Waals surface area contributed by atoms with Crippen molar-refractivity contribution in [1.82, 2.24) is 5.16 Å². The first-order chi connectivity index (χ1) is 9.20. The summed E-state index contributed by atoms with van der Waals surface area (Å²) in [6.07, 6.45) is 4.63. The minimum absolute atomic E-state index is 0.380. The maximum atomic E-state index is 5.63. The fourth-order valence-corrected chi connectivity index (χ4v) is 3.46. The number of anilines is 1.